The van der Waals surface area contributed by atoms with Crippen molar-refractivity contribution >= 4 is 33.2 Å². The van der Waals surface area contributed by atoms with Crippen LogP contribution in [0.15, 0.2) is 16.6 Å². The van der Waals surface area contributed by atoms with Gasteiger partial charge in [0, 0.05) is 24.2 Å². The Bertz CT molecular complexity index is 447. The summed E-state index contributed by atoms with van der Waals surface area (Å²) < 4.78 is 12.3. The summed E-state index contributed by atoms with van der Waals surface area (Å²) in [6.07, 6.45) is 0.0631. The predicted molar refractivity (Wildman–Crippen MR) is 85.5 cm³/mol. The average Bonchev–Trinajstić information content (AvgIpc) is 2.37. The molecule has 1 saturated heterocycles. The molecule has 20 heavy (non-hydrogen) atoms. The first-order valence-corrected chi connectivity index (χ1v) is 7.87. The zero-order valence-corrected chi connectivity index (χ0v) is 14.1. The summed E-state index contributed by atoms with van der Waals surface area (Å²) in [5.41, 5.74) is 6.45. The Balaban J connectivity index is 1.95. The van der Waals surface area contributed by atoms with Crippen LogP contribution in [0.3, 0.4) is 0 Å². The quantitative estimate of drug-likeness (QED) is 0.835. The number of nitrogens with zero attached hydrogens (tertiary/aromatic N) is 1. The van der Waals surface area contributed by atoms with Crippen molar-refractivity contribution in [2.75, 3.05) is 32.0 Å². The van der Waals surface area contributed by atoms with E-state index >= 15 is 0 Å². The van der Waals surface area contributed by atoms with Gasteiger partial charge in [0.15, 0.2) is 5.75 Å². The van der Waals surface area contributed by atoms with Crippen LogP contribution < -0.4 is 10.5 Å². The van der Waals surface area contributed by atoms with Crippen LogP contribution in [-0.4, -0.2) is 43.3 Å². The molecule has 4 nitrogen and oxygen atoms in total. The van der Waals surface area contributed by atoms with Gasteiger partial charge in [0.2, 0.25) is 0 Å². The number of anilines is 1. The first-order valence-electron chi connectivity index (χ1n) is 6.70. The van der Waals surface area contributed by atoms with Gasteiger partial charge in [0.25, 0.3) is 0 Å². The lowest BCUT2D eigenvalue weighted by atomic mass is 10.2. The fraction of sp³-hybridized carbons (Fsp3) is 0.571. The van der Waals surface area contributed by atoms with Gasteiger partial charge >= 0.3 is 0 Å². The van der Waals surface area contributed by atoms with Crippen molar-refractivity contribution in [3.63, 3.8) is 0 Å². The third kappa shape index (κ3) is 4.01. The molecule has 2 rings (SSSR count). The first kappa shape index (κ1) is 15.9. The van der Waals surface area contributed by atoms with Crippen LogP contribution in [-0.2, 0) is 4.74 Å². The first-order chi connectivity index (χ1) is 9.47. The van der Waals surface area contributed by atoms with Crippen molar-refractivity contribution < 1.29 is 9.47 Å². The Kier molecular flexibility index (Phi) is 5.55. The van der Waals surface area contributed by atoms with Gasteiger partial charge < -0.3 is 15.2 Å². The summed E-state index contributed by atoms with van der Waals surface area (Å²) in [7, 11) is 0. The average molecular weight is 364 g/mol. The molecule has 0 radical (unpaired) electrons. The number of hydrogen-bond donors (Lipinski definition) is 1. The molecule has 1 aromatic carbocycles. The molecule has 1 fully saturated rings. The lowest BCUT2D eigenvalue weighted by Gasteiger charge is -2.35. The summed E-state index contributed by atoms with van der Waals surface area (Å²) in [5, 5.41) is 0.585. The van der Waals surface area contributed by atoms with Crippen LogP contribution in [0.25, 0.3) is 0 Å². The minimum Gasteiger partial charge on any atom is -0.487 e. The van der Waals surface area contributed by atoms with E-state index in [1.807, 2.05) is 0 Å². The van der Waals surface area contributed by atoms with E-state index in [-0.39, 0.29) is 6.10 Å². The largest absolute Gasteiger partial charge is 0.487 e. The minimum absolute atomic E-state index is 0.0631. The third-order valence-electron chi connectivity index (χ3n) is 3.35. The van der Waals surface area contributed by atoms with Crippen LogP contribution in [0.4, 0.5) is 5.69 Å². The number of halogens is 2. The summed E-state index contributed by atoms with van der Waals surface area (Å²) in [6.45, 7) is 7.45. The number of ether oxygens (including phenoxy) is 2. The molecule has 0 spiro atoms. The fourth-order valence-electron chi connectivity index (χ4n) is 2.22. The van der Waals surface area contributed by atoms with Crippen molar-refractivity contribution in [3.8, 4) is 5.75 Å². The Labute approximate surface area is 133 Å². The molecule has 0 amide bonds. The van der Waals surface area contributed by atoms with Crippen molar-refractivity contribution in [3.05, 3.63) is 21.6 Å². The van der Waals surface area contributed by atoms with Crippen LogP contribution in [0.2, 0.25) is 5.02 Å². The second-order valence-corrected chi connectivity index (χ2v) is 6.49. The molecule has 2 N–H and O–H groups in total. The van der Waals surface area contributed by atoms with E-state index in [2.05, 4.69) is 34.7 Å². The van der Waals surface area contributed by atoms with Crippen molar-refractivity contribution in [2.45, 2.75) is 26.0 Å². The summed E-state index contributed by atoms with van der Waals surface area (Å²) in [4.78, 5) is 2.39. The molecule has 112 valence electrons. The van der Waals surface area contributed by atoms with E-state index in [9.17, 15) is 0 Å². The lowest BCUT2D eigenvalue weighted by molar-refractivity contribution is -0.0564. The van der Waals surface area contributed by atoms with Gasteiger partial charge in [-0.05, 0) is 41.9 Å². The monoisotopic (exact) mass is 362 g/mol. The van der Waals surface area contributed by atoms with Gasteiger partial charge in [-0.2, -0.15) is 0 Å². The number of benzene rings is 1. The highest BCUT2D eigenvalue weighted by atomic mass is 79.9. The Hall–Kier alpha value is -0.490. The highest BCUT2D eigenvalue weighted by molar-refractivity contribution is 9.10. The smallest absolute Gasteiger partial charge is 0.156 e. The maximum absolute atomic E-state index is 5.93. The number of nitrogen functional groups attached to an aromatic ring is 1. The second kappa shape index (κ2) is 6.98. The predicted octanol–water partition coefficient (Wildman–Crippen LogP) is 3.17. The molecular weight excluding hydrogens is 344 g/mol. The normalized spacial score (nSPS) is 20.4. The van der Waals surface area contributed by atoms with E-state index in [4.69, 9.17) is 26.8 Å². The molecule has 0 aliphatic carbocycles. The molecule has 6 heteroatoms. The van der Waals surface area contributed by atoms with Gasteiger partial charge in [-0.1, -0.05) is 11.6 Å². The van der Waals surface area contributed by atoms with E-state index in [1.165, 1.54) is 0 Å². The highest BCUT2D eigenvalue weighted by Crippen LogP contribution is 2.34. The zero-order valence-electron chi connectivity index (χ0n) is 11.7. The summed E-state index contributed by atoms with van der Waals surface area (Å²) >= 11 is 9.35. The molecule has 0 saturated carbocycles. The molecule has 0 aromatic heterocycles. The van der Waals surface area contributed by atoms with Gasteiger partial charge in [0.1, 0.15) is 12.7 Å². The molecule has 1 aromatic rings. The standard InChI is InChI=1S/C14H20BrClN2O2/c1-9(2)18-3-4-19-11(7-18)8-20-14-12(15)5-10(16)6-13(14)17/h5-6,9,11H,3-4,7-8,17H2,1-2H3. The van der Waals surface area contributed by atoms with Gasteiger partial charge in [0.05, 0.1) is 16.8 Å². The number of nitrogens with two attached hydrogens (primary N) is 1. The van der Waals surface area contributed by atoms with Crippen molar-refractivity contribution in [2.24, 2.45) is 0 Å². The van der Waals surface area contributed by atoms with Crippen molar-refractivity contribution in [1.29, 1.82) is 0 Å². The van der Waals surface area contributed by atoms with E-state index < -0.39 is 0 Å². The number of rotatable bonds is 4. The van der Waals surface area contributed by atoms with Gasteiger partial charge in [-0.25, -0.2) is 0 Å². The Morgan fingerprint density at radius 1 is 1.55 bits per heavy atom. The Morgan fingerprint density at radius 3 is 2.95 bits per heavy atom. The number of morpholine rings is 1. The SMILES string of the molecule is CC(C)N1CCOC(COc2c(N)cc(Cl)cc2Br)C1. The summed E-state index contributed by atoms with van der Waals surface area (Å²) in [5.74, 6) is 0.625. The Morgan fingerprint density at radius 2 is 2.30 bits per heavy atom. The molecule has 1 aliphatic rings. The fourth-order valence-corrected chi connectivity index (χ4v) is 3.17. The van der Waals surface area contributed by atoms with Gasteiger partial charge in [-0.15, -0.1) is 0 Å². The van der Waals surface area contributed by atoms with Crippen molar-refractivity contribution in [1.82, 2.24) is 4.90 Å². The van der Waals surface area contributed by atoms with Crippen LogP contribution in [0.5, 0.6) is 5.75 Å². The van der Waals surface area contributed by atoms with Crippen LogP contribution >= 0.6 is 27.5 Å². The topological polar surface area (TPSA) is 47.7 Å². The highest BCUT2D eigenvalue weighted by Gasteiger charge is 2.23. The van der Waals surface area contributed by atoms with Crippen LogP contribution in [0, 0.1) is 0 Å². The second-order valence-electron chi connectivity index (χ2n) is 5.20. The van der Waals surface area contributed by atoms with E-state index in [0.29, 0.717) is 29.1 Å². The molecular formula is C14H20BrClN2O2. The molecule has 1 heterocycles. The third-order valence-corrected chi connectivity index (χ3v) is 4.16. The maximum atomic E-state index is 5.93. The molecule has 0 bridgehead atoms. The van der Waals surface area contributed by atoms with E-state index in [1.54, 1.807) is 12.1 Å². The molecule has 1 unspecified atom stereocenters. The molecule has 1 atom stereocenters. The maximum Gasteiger partial charge on any atom is 0.156 e. The van der Waals surface area contributed by atoms with Gasteiger partial charge in [-0.3, -0.25) is 4.90 Å². The van der Waals surface area contributed by atoms with E-state index in [0.717, 1.165) is 24.2 Å². The van der Waals surface area contributed by atoms with Crippen LogP contribution in [0.1, 0.15) is 13.8 Å². The number of hydrogen-bond acceptors (Lipinski definition) is 4. The lowest BCUT2D eigenvalue weighted by Crippen LogP contribution is -2.47. The summed E-state index contributed by atoms with van der Waals surface area (Å²) in [6, 6.07) is 3.98. The molecule has 1 aliphatic heterocycles. The zero-order chi connectivity index (χ0) is 14.7. The minimum atomic E-state index is 0.0631.